The molecule has 0 aromatic carbocycles. The molecule has 94 valence electrons. The minimum absolute atomic E-state index is 0.346. The number of hydrogen-bond donors (Lipinski definition) is 1. The second-order valence-electron chi connectivity index (χ2n) is 4.19. The van der Waals surface area contributed by atoms with Gasteiger partial charge in [-0.25, -0.2) is 9.50 Å². The van der Waals surface area contributed by atoms with Gasteiger partial charge in [-0.2, -0.15) is 5.10 Å². The van der Waals surface area contributed by atoms with Crippen LogP contribution >= 0.6 is 0 Å². The first-order valence-electron chi connectivity index (χ1n) is 5.72. The molecule has 0 aliphatic carbocycles. The Morgan fingerprint density at radius 1 is 1.37 bits per heavy atom. The summed E-state index contributed by atoms with van der Waals surface area (Å²) in [6.45, 7) is 1.96. The third kappa shape index (κ3) is 1.83. The zero-order chi connectivity index (χ0) is 13.4. The van der Waals surface area contributed by atoms with Crippen molar-refractivity contribution in [2.24, 2.45) is 5.73 Å². The molecular formula is C13H11N5O. The van der Waals surface area contributed by atoms with Crippen molar-refractivity contribution in [1.82, 2.24) is 19.6 Å². The van der Waals surface area contributed by atoms with Crippen molar-refractivity contribution in [3.63, 3.8) is 0 Å². The molecule has 0 spiro atoms. The third-order valence-corrected chi connectivity index (χ3v) is 2.94. The first kappa shape index (κ1) is 11.3. The van der Waals surface area contributed by atoms with Crippen LogP contribution in [0.5, 0.6) is 0 Å². The topological polar surface area (TPSA) is 86.2 Å². The van der Waals surface area contributed by atoms with Crippen molar-refractivity contribution < 1.29 is 4.79 Å². The van der Waals surface area contributed by atoms with Gasteiger partial charge >= 0.3 is 0 Å². The summed E-state index contributed by atoms with van der Waals surface area (Å²) < 4.78 is 1.54. The Hall–Kier alpha value is -2.76. The fraction of sp³-hybridized carbons (Fsp3) is 0.0769. The van der Waals surface area contributed by atoms with Gasteiger partial charge in [-0.1, -0.05) is 0 Å². The van der Waals surface area contributed by atoms with Crippen LogP contribution in [0.15, 0.2) is 36.9 Å². The minimum Gasteiger partial charge on any atom is -0.365 e. The van der Waals surface area contributed by atoms with Crippen molar-refractivity contribution in [3.05, 3.63) is 48.0 Å². The van der Waals surface area contributed by atoms with Crippen LogP contribution in [0.3, 0.4) is 0 Å². The Kier molecular flexibility index (Phi) is 2.49. The van der Waals surface area contributed by atoms with Gasteiger partial charge in [0, 0.05) is 30.4 Å². The number of hydrogen-bond acceptors (Lipinski definition) is 4. The normalized spacial score (nSPS) is 10.8. The number of amides is 1. The molecule has 6 nitrogen and oxygen atoms in total. The average molecular weight is 253 g/mol. The van der Waals surface area contributed by atoms with E-state index in [0.717, 1.165) is 11.1 Å². The standard InChI is InChI=1S/C13H11N5O/c1-8-2-3-15-7-10(8)11-6-9(12(14)19)13-16-4-5-18(13)17-11/h2-7H,1H3,(H2,14,19). The number of nitrogens with two attached hydrogens (primary N) is 1. The van der Waals surface area contributed by atoms with Gasteiger partial charge in [-0.3, -0.25) is 9.78 Å². The van der Waals surface area contributed by atoms with Crippen LogP contribution in [0.4, 0.5) is 0 Å². The molecule has 2 N–H and O–H groups in total. The number of imidazole rings is 1. The van der Waals surface area contributed by atoms with Crippen LogP contribution in [0.1, 0.15) is 15.9 Å². The van der Waals surface area contributed by atoms with E-state index in [9.17, 15) is 4.79 Å². The number of carbonyl (C=O) groups is 1. The SMILES string of the molecule is Cc1ccncc1-c1cc(C(N)=O)c2nccn2n1. The summed E-state index contributed by atoms with van der Waals surface area (Å²) >= 11 is 0. The maximum absolute atomic E-state index is 11.5. The van der Waals surface area contributed by atoms with Crippen LogP contribution in [0.25, 0.3) is 16.9 Å². The van der Waals surface area contributed by atoms with Crippen LogP contribution in [-0.4, -0.2) is 25.5 Å². The molecule has 0 bridgehead atoms. The van der Waals surface area contributed by atoms with E-state index in [1.807, 2.05) is 13.0 Å². The van der Waals surface area contributed by atoms with Gasteiger partial charge in [0.25, 0.3) is 5.91 Å². The van der Waals surface area contributed by atoms with Crippen LogP contribution in [0.2, 0.25) is 0 Å². The lowest BCUT2D eigenvalue weighted by molar-refractivity contribution is 0.100. The highest BCUT2D eigenvalue weighted by molar-refractivity contribution is 5.99. The molecule has 0 saturated carbocycles. The van der Waals surface area contributed by atoms with Crippen LogP contribution in [0, 0.1) is 6.92 Å². The Labute approximate surface area is 108 Å². The van der Waals surface area contributed by atoms with Crippen LogP contribution < -0.4 is 5.73 Å². The molecule has 0 aliphatic heterocycles. The molecule has 0 radical (unpaired) electrons. The molecule has 0 saturated heterocycles. The zero-order valence-electron chi connectivity index (χ0n) is 10.2. The number of carbonyl (C=O) groups excluding carboxylic acids is 1. The minimum atomic E-state index is -0.526. The summed E-state index contributed by atoms with van der Waals surface area (Å²) in [7, 11) is 0. The van der Waals surface area contributed by atoms with Gasteiger partial charge < -0.3 is 5.73 Å². The highest BCUT2D eigenvalue weighted by Gasteiger charge is 2.13. The summed E-state index contributed by atoms with van der Waals surface area (Å²) in [5.41, 5.74) is 8.72. The zero-order valence-corrected chi connectivity index (χ0v) is 10.2. The van der Waals surface area contributed by atoms with Gasteiger partial charge in [-0.05, 0) is 24.6 Å². The molecule has 1 amide bonds. The Bertz CT molecular complexity index is 778. The molecule has 3 aromatic heterocycles. The molecule has 0 atom stereocenters. The lowest BCUT2D eigenvalue weighted by Gasteiger charge is -2.07. The van der Waals surface area contributed by atoms with Crippen molar-refractivity contribution in [2.45, 2.75) is 6.92 Å². The fourth-order valence-corrected chi connectivity index (χ4v) is 1.96. The average Bonchev–Trinajstić information content (AvgIpc) is 2.86. The van der Waals surface area contributed by atoms with Gasteiger partial charge in [-0.15, -0.1) is 0 Å². The number of aromatic nitrogens is 4. The number of aryl methyl sites for hydroxylation is 1. The molecule has 0 fully saturated rings. The van der Waals surface area contributed by atoms with Gasteiger partial charge in [0.15, 0.2) is 5.65 Å². The first-order chi connectivity index (χ1) is 9.16. The van der Waals surface area contributed by atoms with Crippen molar-refractivity contribution in [2.75, 3.05) is 0 Å². The number of fused-ring (bicyclic) bond motifs is 1. The predicted molar refractivity (Wildman–Crippen MR) is 69.5 cm³/mol. The lowest BCUT2D eigenvalue weighted by Crippen LogP contribution is -2.14. The van der Waals surface area contributed by atoms with Gasteiger partial charge in [0.05, 0.1) is 11.3 Å². The van der Waals surface area contributed by atoms with E-state index in [4.69, 9.17) is 5.73 Å². The Morgan fingerprint density at radius 3 is 2.95 bits per heavy atom. The van der Waals surface area contributed by atoms with E-state index in [1.54, 1.807) is 35.4 Å². The van der Waals surface area contributed by atoms with E-state index < -0.39 is 5.91 Å². The van der Waals surface area contributed by atoms with E-state index in [1.165, 1.54) is 0 Å². The molecule has 0 aliphatic rings. The van der Waals surface area contributed by atoms with E-state index in [2.05, 4.69) is 15.1 Å². The third-order valence-electron chi connectivity index (χ3n) is 2.94. The van der Waals surface area contributed by atoms with Crippen molar-refractivity contribution in [3.8, 4) is 11.3 Å². The summed E-state index contributed by atoms with van der Waals surface area (Å²) in [6, 6.07) is 3.54. The molecular weight excluding hydrogens is 242 g/mol. The second kappa shape index (κ2) is 4.16. The molecule has 3 heterocycles. The smallest absolute Gasteiger partial charge is 0.252 e. The van der Waals surface area contributed by atoms with Gasteiger partial charge in [0.2, 0.25) is 0 Å². The number of pyridine rings is 1. The Balaban J connectivity index is 2.31. The molecule has 3 aromatic rings. The monoisotopic (exact) mass is 253 g/mol. The lowest BCUT2D eigenvalue weighted by atomic mass is 10.1. The molecule has 6 heteroatoms. The highest BCUT2D eigenvalue weighted by Crippen LogP contribution is 2.22. The largest absolute Gasteiger partial charge is 0.365 e. The highest BCUT2D eigenvalue weighted by atomic mass is 16.1. The van der Waals surface area contributed by atoms with E-state index >= 15 is 0 Å². The van der Waals surface area contributed by atoms with E-state index in [-0.39, 0.29) is 0 Å². The first-order valence-corrected chi connectivity index (χ1v) is 5.72. The van der Waals surface area contributed by atoms with Crippen molar-refractivity contribution >= 4 is 11.6 Å². The fourth-order valence-electron chi connectivity index (χ4n) is 1.96. The summed E-state index contributed by atoms with van der Waals surface area (Å²) in [4.78, 5) is 19.7. The Morgan fingerprint density at radius 2 is 2.21 bits per heavy atom. The number of nitrogens with zero attached hydrogens (tertiary/aromatic N) is 4. The van der Waals surface area contributed by atoms with E-state index in [0.29, 0.717) is 16.9 Å². The van der Waals surface area contributed by atoms with Crippen LogP contribution in [-0.2, 0) is 0 Å². The van der Waals surface area contributed by atoms with Crippen molar-refractivity contribution in [1.29, 1.82) is 0 Å². The maximum atomic E-state index is 11.5. The summed E-state index contributed by atoms with van der Waals surface area (Å²) in [6.07, 6.45) is 6.68. The number of primary amides is 1. The van der Waals surface area contributed by atoms with Gasteiger partial charge in [0.1, 0.15) is 0 Å². The maximum Gasteiger partial charge on any atom is 0.252 e. The molecule has 3 rings (SSSR count). The number of rotatable bonds is 2. The summed E-state index contributed by atoms with van der Waals surface area (Å²) in [5, 5.41) is 4.42. The molecule has 0 unspecified atom stereocenters. The quantitative estimate of drug-likeness (QED) is 0.743. The summed E-state index contributed by atoms with van der Waals surface area (Å²) in [5.74, 6) is -0.526. The molecule has 19 heavy (non-hydrogen) atoms. The predicted octanol–water partition coefficient (Wildman–Crippen LogP) is 1.20. The second-order valence-corrected chi connectivity index (χ2v) is 4.19.